The minimum atomic E-state index is 0.733. The highest BCUT2D eigenvalue weighted by molar-refractivity contribution is 7.80. The Morgan fingerprint density at radius 2 is 2.06 bits per heavy atom. The highest BCUT2D eigenvalue weighted by Gasteiger charge is 2.28. The molecule has 2 saturated heterocycles. The molecule has 4 heteroatoms. The van der Waals surface area contributed by atoms with Gasteiger partial charge in [0.05, 0.1) is 13.2 Å². The van der Waals surface area contributed by atoms with Crippen LogP contribution in [0.15, 0.2) is 12.2 Å². The molecule has 0 bridgehead atoms. The van der Waals surface area contributed by atoms with Crippen LogP contribution in [0.1, 0.15) is 6.42 Å². The van der Waals surface area contributed by atoms with Crippen LogP contribution in [-0.4, -0.2) is 67.5 Å². The van der Waals surface area contributed by atoms with E-state index in [4.69, 9.17) is 4.74 Å². The highest BCUT2D eigenvalue weighted by atomic mass is 32.1. The molecule has 0 N–H and O–H groups in total. The molecule has 2 aliphatic heterocycles. The molecule has 16 heavy (non-hydrogen) atoms. The van der Waals surface area contributed by atoms with E-state index in [0.29, 0.717) is 0 Å². The molecule has 0 radical (unpaired) electrons. The first-order valence-corrected chi connectivity index (χ1v) is 6.74. The van der Waals surface area contributed by atoms with E-state index in [9.17, 15) is 0 Å². The van der Waals surface area contributed by atoms with Gasteiger partial charge >= 0.3 is 0 Å². The Labute approximate surface area is 104 Å². The van der Waals surface area contributed by atoms with Gasteiger partial charge in [-0.15, -0.1) is 0 Å². The van der Waals surface area contributed by atoms with Crippen LogP contribution in [0.2, 0.25) is 0 Å². The standard InChI is InChI=1S/C12H22N2OS/c1-11(10-16)8-13-3-2-12(9-13)14-4-6-15-7-5-14/h12,16H,1-10H2. The van der Waals surface area contributed by atoms with Crippen LogP contribution in [0.5, 0.6) is 0 Å². The molecule has 0 aromatic heterocycles. The molecule has 3 nitrogen and oxygen atoms in total. The highest BCUT2D eigenvalue weighted by Crippen LogP contribution is 2.17. The van der Waals surface area contributed by atoms with E-state index in [1.807, 2.05) is 0 Å². The average Bonchev–Trinajstić information content (AvgIpc) is 2.78. The summed E-state index contributed by atoms with van der Waals surface area (Å²) in [6, 6.07) is 0.733. The predicted molar refractivity (Wildman–Crippen MR) is 70.2 cm³/mol. The van der Waals surface area contributed by atoms with Gasteiger partial charge in [0.15, 0.2) is 0 Å². The van der Waals surface area contributed by atoms with Crippen molar-refractivity contribution in [2.75, 3.05) is 51.7 Å². The maximum atomic E-state index is 5.39. The molecular weight excluding hydrogens is 220 g/mol. The number of likely N-dealkylation sites (tertiary alicyclic amines) is 1. The van der Waals surface area contributed by atoms with Gasteiger partial charge in [-0.3, -0.25) is 9.80 Å². The van der Waals surface area contributed by atoms with Crippen LogP contribution in [0.4, 0.5) is 0 Å². The zero-order chi connectivity index (χ0) is 11.4. The van der Waals surface area contributed by atoms with E-state index in [1.165, 1.54) is 25.1 Å². The monoisotopic (exact) mass is 242 g/mol. The van der Waals surface area contributed by atoms with E-state index in [-0.39, 0.29) is 0 Å². The van der Waals surface area contributed by atoms with Gasteiger partial charge in [-0.25, -0.2) is 0 Å². The third-order valence-corrected chi connectivity index (χ3v) is 3.93. The van der Waals surface area contributed by atoms with Gasteiger partial charge in [-0.1, -0.05) is 12.2 Å². The minimum absolute atomic E-state index is 0.733. The van der Waals surface area contributed by atoms with Crippen LogP contribution in [0.25, 0.3) is 0 Å². The van der Waals surface area contributed by atoms with Crippen molar-refractivity contribution < 1.29 is 4.74 Å². The van der Waals surface area contributed by atoms with Gasteiger partial charge in [-0.2, -0.15) is 12.6 Å². The van der Waals surface area contributed by atoms with Crippen LogP contribution in [-0.2, 0) is 4.74 Å². The number of hydrogen-bond donors (Lipinski definition) is 1. The Balaban J connectivity index is 1.76. The zero-order valence-electron chi connectivity index (χ0n) is 9.90. The van der Waals surface area contributed by atoms with Crippen molar-refractivity contribution in [3.8, 4) is 0 Å². The first-order chi connectivity index (χ1) is 7.79. The topological polar surface area (TPSA) is 15.7 Å². The Bertz CT molecular complexity index is 241. The minimum Gasteiger partial charge on any atom is -0.379 e. The van der Waals surface area contributed by atoms with Crippen molar-refractivity contribution in [3.63, 3.8) is 0 Å². The second-order valence-electron chi connectivity index (χ2n) is 4.73. The van der Waals surface area contributed by atoms with E-state index < -0.39 is 0 Å². The van der Waals surface area contributed by atoms with Crippen molar-refractivity contribution >= 4 is 12.6 Å². The van der Waals surface area contributed by atoms with Gasteiger partial charge < -0.3 is 4.74 Å². The summed E-state index contributed by atoms with van der Waals surface area (Å²) in [6.07, 6.45) is 1.29. The quantitative estimate of drug-likeness (QED) is 0.582. The summed E-state index contributed by atoms with van der Waals surface area (Å²) in [5.41, 5.74) is 1.23. The summed E-state index contributed by atoms with van der Waals surface area (Å²) in [6.45, 7) is 11.4. The summed E-state index contributed by atoms with van der Waals surface area (Å²) in [5.74, 6) is 0.804. The van der Waals surface area contributed by atoms with Gasteiger partial charge in [-0.05, 0) is 6.42 Å². The van der Waals surface area contributed by atoms with Gasteiger partial charge in [0, 0.05) is 44.5 Å². The van der Waals surface area contributed by atoms with E-state index in [0.717, 1.165) is 44.6 Å². The molecule has 1 unspecified atom stereocenters. The van der Waals surface area contributed by atoms with Crippen LogP contribution < -0.4 is 0 Å². The second-order valence-corrected chi connectivity index (χ2v) is 5.05. The molecule has 2 fully saturated rings. The number of rotatable bonds is 4. The maximum Gasteiger partial charge on any atom is 0.0594 e. The van der Waals surface area contributed by atoms with Crippen molar-refractivity contribution in [2.24, 2.45) is 0 Å². The Hall–Kier alpha value is -0.0300. The summed E-state index contributed by atoms with van der Waals surface area (Å²) in [5, 5.41) is 0. The summed E-state index contributed by atoms with van der Waals surface area (Å²) >= 11 is 4.26. The van der Waals surface area contributed by atoms with Gasteiger partial charge in [0.2, 0.25) is 0 Å². The molecule has 1 atom stereocenters. The average molecular weight is 242 g/mol. The summed E-state index contributed by atoms with van der Waals surface area (Å²) < 4.78 is 5.39. The van der Waals surface area contributed by atoms with Crippen molar-refractivity contribution in [3.05, 3.63) is 12.2 Å². The summed E-state index contributed by atoms with van der Waals surface area (Å²) in [4.78, 5) is 5.08. The van der Waals surface area contributed by atoms with Gasteiger partial charge in [0.1, 0.15) is 0 Å². The third-order valence-electron chi connectivity index (χ3n) is 3.48. The predicted octanol–water partition coefficient (Wildman–Crippen LogP) is 0.879. The number of ether oxygens (including phenoxy) is 1. The third kappa shape index (κ3) is 3.23. The van der Waals surface area contributed by atoms with Crippen molar-refractivity contribution in [1.29, 1.82) is 0 Å². The Kier molecular flexibility index (Phi) is 4.70. The molecule has 0 aromatic carbocycles. The Morgan fingerprint density at radius 1 is 1.31 bits per heavy atom. The first kappa shape index (κ1) is 12.4. The lowest BCUT2D eigenvalue weighted by molar-refractivity contribution is 0.0187. The van der Waals surface area contributed by atoms with E-state index in [2.05, 4.69) is 29.0 Å². The molecule has 0 spiro atoms. The van der Waals surface area contributed by atoms with Crippen LogP contribution in [0.3, 0.4) is 0 Å². The molecule has 2 heterocycles. The molecule has 2 aliphatic rings. The fourth-order valence-corrected chi connectivity index (χ4v) is 2.66. The maximum absolute atomic E-state index is 5.39. The van der Waals surface area contributed by atoms with Crippen molar-refractivity contribution in [1.82, 2.24) is 9.80 Å². The fourth-order valence-electron chi connectivity index (χ4n) is 2.56. The number of nitrogens with zero attached hydrogens (tertiary/aromatic N) is 2. The number of morpholine rings is 1. The van der Waals surface area contributed by atoms with Crippen LogP contribution in [0, 0.1) is 0 Å². The van der Waals surface area contributed by atoms with Gasteiger partial charge in [0.25, 0.3) is 0 Å². The molecule has 0 amide bonds. The SMILES string of the molecule is C=C(CS)CN1CCC(N2CCOCC2)C1. The molecule has 0 aliphatic carbocycles. The number of thiol groups is 1. The first-order valence-electron chi connectivity index (χ1n) is 6.11. The largest absolute Gasteiger partial charge is 0.379 e. The Morgan fingerprint density at radius 3 is 2.75 bits per heavy atom. The molecule has 0 saturated carbocycles. The zero-order valence-corrected chi connectivity index (χ0v) is 10.8. The smallest absolute Gasteiger partial charge is 0.0594 e. The fraction of sp³-hybridized carbons (Fsp3) is 0.833. The molecule has 0 aromatic rings. The molecular formula is C12H22N2OS. The van der Waals surface area contributed by atoms with E-state index in [1.54, 1.807) is 0 Å². The lowest BCUT2D eigenvalue weighted by atomic mass is 10.2. The number of hydrogen-bond acceptors (Lipinski definition) is 4. The lowest BCUT2D eigenvalue weighted by Crippen LogP contribution is -2.44. The second kappa shape index (κ2) is 6.05. The molecule has 2 rings (SSSR count). The lowest BCUT2D eigenvalue weighted by Gasteiger charge is -2.32. The van der Waals surface area contributed by atoms with Crippen LogP contribution >= 0.6 is 12.6 Å². The summed E-state index contributed by atoms with van der Waals surface area (Å²) in [7, 11) is 0. The van der Waals surface area contributed by atoms with Crippen molar-refractivity contribution in [2.45, 2.75) is 12.5 Å². The molecule has 92 valence electrons. The van der Waals surface area contributed by atoms with E-state index >= 15 is 0 Å². The normalized spacial score (nSPS) is 28.4.